The number of unbranched alkanes of at least 4 members (excludes halogenated alkanes) is 1. The number of esters is 1. The van der Waals surface area contributed by atoms with E-state index in [-0.39, 0.29) is 25.7 Å². The first-order chi connectivity index (χ1) is 18.5. The van der Waals surface area contributed by atoms with Crippen LogP contribution in [0.25, 0.3) is 0 Å². The van der Waals surface area contributed by atoms with E-state index in [1.165, 1.54) is 11.5 Å². The molecular formula is C30H44NO6S+. The fourth-order valence-electron chi connectivity index (χ4n) is 3.67. The van der Waals surface area contributed by atoms with Gasteiger partial charge in [-0.2, -0.15) is 0 Å². The summed E-state index contributed by atoms with van der Waals surface area (Å²) < 4.78 is 22.8. The highest BCUT2D eigenvalue weighted by Gasteiger charge is 2.20. The number of hydrogen-bond donors (Lipinski definition) is 1. The van der Waals surface area contributed by atoms with Crippen LogP contribution in [0, 0.1) is 0 Å². The van der Waals surface area contributed by atoms with Crippen LogP contribution >= 0.6 is 0 Å². The third-order valence-electron chi connectivity index (χ3n) is 5.53. The monoisotopic (exact) mass is 546 g/mol. The molecule has 0 spiro atoms. The molecule has 0 heterocycles. The number of ether oxygens (including phenoxy) is 4. The fraction of sp³-hybridized carbons (Fsp3) is 0.533. The number of rotatable bonds is 20. The lowest BCUT2D eigenvalue weighted by atomic mass is 10.2. The number of benzene rings is 2. The number of para-hydroxylation sites is 3. The number of carbonyl (C=O) groups is 2. The molecule has 0 saturated carbocycles. The zero-order valence-corrected chi connectivity index (χ0v) is 23.9. The van der Waals surface area contributed by atoms with E-state index in [1.807, 2.05) is 36.4 Å². The van der Waals surface area contributed by atoms with Crippen LogP contribution in [-0.2, 0) is 30.0 Å². The Labute approximate surface area is 230 Å². The van der Waals surface area contributed by atoms with Crippen LogP contribution in [-0.4, -0.2) is 61.7 Å². The molecule has 0 bridgehead atoms. The Bertz CT molecular complexity index is 920. The van der Waals surface area contributed by atoms with Gasteiger partial charge in [-0.1, -0.05) is 57.5 Å². The van der Waals surface area contributed by atoms with E-state index in [2.05, 4.69) is 26.1 Å². The number of hydrogen-bond acceptors (Lipinski definition) is 6. The Morgan fingerprint density at radius 2 is 1.55 bits per heavy atom. The summed E-state index contributed by atoms with van der Waals surface area (Å²) in [6.07, 6.45) is 4.10. The van der Waals surface area contributed by atoms with Crippen molar-refractivity contribution in [1.29, 1.82) is 0 Å². The van der Waals surface area contributed by atoms with Gasteiger partial charge < -0.3 is 24.3 Å². The Balaban J connectivity index is 1.92. The lowest BCUT2D eigenvalue weighted by Crippen LogP contribution is -2.32. The molecule has 0 fully saturated rings. The van der Waals surface area contributed by atoms with Gasteiger partial charge in [0.05, 0.1) is 18.7 Å². The summed E-state index contributed by atoms with van der Waals surface area (Å²) in [5.41, 5.74) is 0.604. The summed E-state index contributed by atoms with van der Waals surface area (Å²) >= 11 is 0. The molecule has 8 heteroatoms. The molecule has 0 aliphatic heterocycles. The minimum Gasteiger partial charge on any atom is -0.487 e. The predicted molar refractivity (Wildman–Crippen MR) is 155 cm³/mol. The van der Waals surface area contributed by atoms with E-state index >= 15 is 0 Å². The Morgan fingerprint density at radius 1 is 0.842 bits per heavy atom. The number of anilines is 1. The Morgan fingerprint density at radius 3 is 2.26 bits per heavy atom. The van der Waals surface area contributed by atoms with Gasteiger partial charge in [0, 0.05) is 6.61 Å². The van der Waals surface area contributed by atoms with Crippen molar-refractivity contribution < 1.29 is 28.5 Å². The minimum atomic E-state index is -0.618. The van der Waals surface area contributed by atoms with Crippen molar-refractivity contribution in [2.45, 2.75) is 59.0 Å². The van der Waals surface area contributed by atoms with Crippen LogP contribution in [0.3, 0.4) is 0 Å². The van der Waals surface area contributed by atoms with Crippen molar-refractivity contribution >= 4 is 28.5 Å². The summed E-state index contributed by atoms with van der Waals surface area (Å²) in [5.74, 6) is 3.87. The van der Waals surface area contributed by atoms with Gasteiger partial charge in [0.15, 0.2) is 12.7 Å². The standard InChI is InChI=1S/C30H43NO6S/c1-4-7-18-34-22-26(37-30(33)24-35-25-13-9-8-10-14-25)23-36-28-16-12-11-15-27(28)31-29(32)17-21-38(19-5-2)20-6-3/h8-16,26H,4-7,17-24H2,1-3H3/p+1. The van der Waals surface area contributed by atoms with Crippen LogP contribution in [0.15, 0.2) is 54.6 Å². The van der Waals surface area contributed by atoms with Gasteiger partial charge in [-0.15, -0.1) is 0 Å². The van der Waals surface area contributed by atoms with Crippen molar-refractivity contribution in [3.8, 4) is 11.5 Å². The SMILES string of the molecule is CCCCOCC(COc1ccccc1NC(=O)CC[S+](CCC)CCC)OC(=O)COc1ccccc1. The maximum atomic E-state index is 12.7. The molecule has 1 amide bonds. The van der Waals surface area contributed by atoms with Gasteiger partial charge in [0.1, 0.15) is 35.4 Å². The Kier molecular flexibility index (Phi) is 16.1. The van der Waals surface area contributed by atoms with E-state index in [0.717, 1.165) is 31.4 Å². The lowest BCUT2D eigenvalue weighted by Gasteiger charge is -2.20. The molecule has 38 heavy (non-hydrogen) atoms. The first-order valence-corrected chi connectivity index (χ1v) is 15.4. The fourth-order valence-corrected chi connectivity index (χ4v) is 5.91. The second-order valence-electron chi connectivity index (χ2n) is 8.97. The van der Waals surface area contributed by atoms with E-state index in [0.29, 0.717) is 41.1 Å². The summed E-state index contributed by atoms with van der Waals surface area (Å²) in [6, 6.07) is 16.4. The second kappa shape index (κ2) is 19.4. The summed E-state index contributed by atoms with van der Waals surface area (Å²) in [7, 11) is 0.292. The molecule has 0 aromatic heterocycles. The van der Waals surface area contributed by atoms with Gasteiger partial charge in [-0.3, -0.25) is 4.79 Å². The first-order valence-electron chi connectivity index (χ1n) is 13.7. The lowest BCUT2D eigenvalue weighted by molar-refractivity contribution is -0.156. The van der Waals surface area contributed by atoms with Crippen molar-refractivity contribution in [2.24, 2.45) is 0 Å². The molecular weight excluding hydrogens is 502 g/mol. The maximum Gasteiger partial charge on any atom is 0.344 e. The second-order valence-corrected chi connectivity index (χ2v) is 11.4. The van der Waals surface area contributed by atoms with E-state index in [9.17, 15) is 9.59 Å². The molecule has 1 N–H and O–H groups in total. The zero-order valence-electron chi connectivity index (χ0n) is 23.1. The van der Waals surface area contributed by atoms with E-state index in [4.69, 9.17) is 18.9 Å². The molecule has 0 aliphatic rings. The van der Waals surface area contributed by atoms with Gasteiger partial charge in [0.25, 0.3) is 0 Å². The first kappa shape index (κ1) is 31.5. The zero-order chi connectivity index (χ0) is 27.4. The molecule has 1 unspecified atom stereocenters. The molecule has 2 aromatic rings. The number of carbonyl (C=O) groups excluding carboxylic acids is 2. The van der Waals surface area contributed by atoms with E-state index in [1.54, 1.807) is 18.2 Å². The normalized spacial score (nSPS) is 11.7. The van der Waals surface area contributed by atoms with Crippen LogP contribution < -0.4 is 14.8 Å². The third-order valence-corrected chi connectivity index (χ3v) is 8.29. The smallest absolute Gasteiger partial charge is 0.344 e. The average Bonchev–Trinajstić information content (AvgIpc) is 2.93. The molecule has 210 valence electrons. The quantitative estimate of drug-likeness (QED) is 0.131. The molecule has 2 aromatic carbocycles. The van der Waals surface area contributed by atoms with Crippen LogP contribution in [0.5, 0.6) is 11.5 Å². The van der Waals surface area contributed by atoms with Crippen molar-refractivity contribution in [2.75, 3.05) is 49.0 Å². The average molecular weight is 547 g/mol. The topological polar surface area (TPSA) is 83.1 Å². The summed E-state index contributed by atoms with van der Waals surface area (Å²) in [4.78, 5) is 25.1. The van der Waals surface area contributed by atoms with Crippen molar-refractivity contribution in [1.82, 2.24) is 0 Å². The molecule has 2 rings (SSSR count). The van der Waals surface area contributed by atoms with Gasteiger partial charge in [0.2, 0.25) is 5.91 Å². The third kappa shape index (κ3) is 13.2. The molecule has 0 saturated heterocycles. The minimum absolute atomic E-state index is 0.0188. The summed E-state index contributed by atoms with van der Waals surface area (Å²) in [6.45, 7) is 7.15. The van der Waals surface area contributed by atoms with Crippen LogP contribution in [0.1, 0.15) is 52.9 Å². The molecule has 7 nitrogen and oxygen atoms in total. The van der Waals surface area contributed by atoms with Gasteiger partial charge >= 0.3 is 5.97 Å². The Hall–Kier alpha value is -2.71. The highest BCUT2D eigenvalue weighted by molar-refractivity contribution is 7.96. The van der Waals surface area contributed by atoms with Crippen LogP contribution in [0.4, 0.5) is 5.69 Å². The molecule has 0 aliphatic carbocycles. The maximum absolute atomic E-state index is 12.7. The van der Waals surface area contributed by atoms with E-state index < -0.39 is 12.1 Å². The van der Waals surface area contributed by atoms with Crippen LogP contribution in [0.2, 0.25) is 0 Å². The van der Waals surface area contributed by atoms with Gasteiger partial charge in [-0.05, 0) is 54.4 Å². The van der Waals surface area contributed by atoms with Crippen molar-refractivity contribution in [3.63, 3.8) is 0 Å². The number of nitrogens with one attached hydrogen (secondary N) is 1. The van der Waals surface area contributed by atoms with Gasteiger partial charge in [-0.25, -0.2) is 4.79 Å². The largest absolute Gasteiger partial charge is 0.487 e. The van der Waals surface area contributed by atoms with Crippen molar-refractivity contribution in [3.05, 3.63) is 54.6 Å². The predicted octanol–water partition coefficient (Wildman–Crippen LogP) is 5.64. The molecule has 0 radical (unpaired) electrons. The summed E-state index contributed by atoms with van der Waals surface area (Å²) in [5, 5.41) is 2.99. The highest BCUT2D eigenvalue weighted by Crippen LogP contribution is 2.24. The number of amides is 1. The molecule has 1 atom stereocenters. The highest BCUT2D eigenvalue weighted by atomic mass is 32.2.